The van der Waals surface area contributed by atoms with Gasteiger partial charge in [-0.15, -0.1) is 0 Å². The second-order valence-corrected chi connectivity index (χ2v) is 5.38. The third-order valence-electron chi connectivity index (χ3n) is 3.63. The van der Waals surface area contributed by atoms with Gasteiger partial charge in [-0.1, -0.05) is 19.1 Å². The highest BCUT2D eigenvalue weighted by Gasteiger charge is 2.14. The lowest BCUT2D eigenvalue weighted by atomic mass is 10.2. The Bertz CT molecular complexity index is 843. The molecule has 2 heterocycles. The number of nitrogens with zero attached hydrogens (tertiary/aromatic N) is 3. The number of hydrogen-bond acceptors (Lipinski definition) is 3. The highest BCUT2D eigenvalue weighted by molar-refractivity contribution is 7.71. The van der Waals surface area contributed by atoms with Crippen LogP contribution in [0.1, 0.15) is 18.2 Å². The number of H-pyrrole nitrogens is 1. The lowest BCUT2D eigenvalue weighted by Crippen LogP contribution is -2.04. The Morgan fingerprint density at radius 1 is 1.38 bits per heavy atom. The Kier molecular flexibility index (Phi) is 3.55. The molecule has 0 amide bonds. The van der Waals surface area contributed by atoms with Gasteiger partial charge in [-0.05, 0) is 36.3 Å². The second-order valence-electron chi connectivity index (χ2n) is 4.99. The van der Waals surface area contributed by atoms with Crippen LogP contribution in [0.5, 0.6) is 5.75 Å². The van der Waals surface area contributed by atoms with Crippen LogP contribution >= 0.6 is 12.2 Å². The number of benzene rings is 1. The van der Waals surface area contributed by atoms with Crippen LogP contribution in [0.25, 0.3) is 11.2 Å². The van der Waals surface area contributed by atoms with E-state index in [0.29, 0.717) is 6.54 Å². The number of ether oxygens (including phenoxy) is 1. The maximum Gasteiger partial charge on any atom is 0.179 e. The summed E-state index contributed by atoms with van der Waals surface area (Å²) in [5.41, 5.74) is 4.25. The first-order chi connectivity index (χ1) is 10.1. The van der Waals surface area contributed by atoms with Crippen LogP contribution < -0.4 is 4.74 Å². The largest absolute Gasteiger partial charge is 0.497 e. The van der Waals surface area contributed by atoms with E-state index in [1.165, 1.54) is 0 Å². The molecule has 0 aliphatic rings. The molecule has 0 saturated carbocycles. The normalized spacial score (nSPS) is 11.2. The van der Waals surface area contributed by atoms with E-state index >= 15 is 0 Å². The summed E-state index contributed by atoms with van der Waals surface area (Å²) in [7, 11) is 3.63. The van der Waals surface area contributed by atoms with Crippen LogP contribution in [0.2, 0.25) is 0 Å². The maximum absolute atomic E-state index is 5.47. The van der Waals surface area contributed by atoms with Crippen LogP contribution in [0.3, 0.4) is 0 Å². The van der Waals surface area contributed by atoms with Gasteiger partial charge in [0.1, 0.15) is 11.3 Å². The molecule has 0 radical (unpaired) electrons. The van der Waals surface area contributed by atoms with E-state index < -0.39 is 0 Å². The molecule has 0 bridgehead atoms. The van der Waals surface area contributed by atoms with E-state index in [-0.39, 0.29) is 0 Å². The van der Waals surface area contributed by atoms with Crippen molar-refractivity contribution in [2.75, 3.05) is 7.11 Å². The smallest absolute Gasteiger partial charge is 0.179 e. The topological polar surface area (TPSA) is 47.8 Å². The summed E-state index contributed by atoms with van der Waals surface area (Å²) < 4.78 is 9.96. The molecule has 2 aromatic heterocycles. The fourth-order valence-corrected chi connectivity index (χ4v) is 2.88. The van der Waals surface area contributed by atoms with E-state index in [0.717, 1.165) is 39.4 Å². The zero-order valence-electron chi connectivity index (χ0n) is 12.4. The zero-order chi connectivity index (χ0) is 15.0. The van der Waals surface area contributed by atoms with Crippen LogP contribution in [0, 0.1) is 4.77 Å². The van der Waals surface area contributed by atoms with Gasteiger partial charge in [-0.2, -0.15) is 5.10 Å². The van der Waals surface area contributed by atoms with Crippen molar-refractivity contribution >= 4 is 23.4 Å². The first kappa shape index (κ1) is 13.9. The van der Waals surface area contributed by atoms with Gasteiger partial charge in [0, 0.05) is 7.05 Å². The minimum atomic E-state index is 0.693. The number of fused-ring (bicyclic) bond motifs is 1. The lowest BCUT2D eigenvalue weighted by molar-refractivity contribution is 0.414. The summed E-state index contributed by atoms with van der Waals surface area (Å²) >= 11 is 5.47. The van der Waals surface area contributed by atoms with Crippen LogP contribution in [-0.2, 0) is 20.0 Å². The maximum atomic E-state index is 5.47. The molecule has 1 N–H and O–H groups in total. The Morgan fingerprint density at radius 2 is 2.19 bits per heavy atom. The fraction of sp³-hybridized carbons (Fsp3) is 0.333. The molecule has 1 aromatic carbocycles. The molecule has 0 aliphatic carbocycles. The molecule has 6 heteroatoms. The van der Waals surface area contributed by atoms with E-state index in [4.69, 9.17) is 17.0 Å². The Hall–Kier alpha value is -2.08. The third kappa shape index (κ3) is 2.35. The number of aromatic amines is 1. The first-order valence-electron chi connectivity index (χ1n) is 6.91. The number of nitrogens with one attached hydrogen (secondary N) is 1. The molecule has 0 spiro atoms. The van der Waals surface area contributed by atoms with Crippen LogP contribution in [0.15, 0.2) is 24.3 Å². The lowest BCUT2D eigenvalue weighted by Gasteiger charge is -2.07. The quantitative estimate of drug-likeness (QED) is 0.754. The van der Waals surface area contributed by atoms with Gasteiger partial charge in [0.15, 0.2) is 10.4 Å². The highest BCUT2D eigenvalue weighted by Crippen LogP contribution is 2.20. The number of rotatable bonds is 4. The Labute approximate surface area is 128 Å². The highest BCUT2D eigenvalue weighted by atomic mass is 32.1. The second kappa shape index (κ2) is 5.37. The van der Waals surface area contributed by atoms with E-state index in [2.05, 4.69) is 27.6 Å². The van der Waals surface area contributed by atoms with Crippen molar-refractivity contribution in [3.63, 3.8) is 0 Å². The van der Waals surface area contributed by atoms with E-state index in [1.54, 1.807) is 7.11 Å². The van der Waals surface area contributed by atoms with Crippen molar-refractivity contribution in [1.82, 2.24) is 19.3 Å². The van der Waals surface area contributed by atoms with Crippen molar-refractivity contribution < 1.29 is 4.74 Å². The van der Waals surface area contributed by atoms with Gasteiger partial charge >= 0.3 is 0 Å². The van der Waals surface area contributed by atoms with Crippen molar-refractivity contribution in [2.45, 2.75) is 19.9 Å². The standard InChI is InChI=1S/C15H18N4OS/c1-4-12-13-14(18(2)17-12)19(15(21)16-13)9-10-6-5-7-11(8-10)20-3/h5-8H,4,9H2,1-3H3,(H,16,21). The monoisotopic (exact) mass is 302 g/mol. The molecule has 5 nitrogen and oxygen atoms in total. The molecule has 3 rings (SSSR count). The van der Waals surface area contributed by atoms with Gasteiger partial charge in [-0.25, -0.2) is 0 Å². The predicted octanol–water partition coefficient (Wildman–Crippen LogP) is 3.05. The van der Waals surface area contributed by atoms with Gasteiger partial charge in [0.2, 0.25) is 0 Å². The van der Waals surface area contributed by atoms with Crippen LogP contribution in [-0.4, -0.2) is 26.4 Å². The van der Waals surface area contributed by atoms with Gasteiger partial charge in [0.05, 0.1) is 19.3 Å². The third-order valence-corrected chi connectivity index (χ3v) is 3.95. The average molecular weight is 302 g/mol. The summed E-state index contributed by atoms with van der Waals surface area (Å²) in [5, 5.41) is 4.54. The van der Waals surface area contributed by atoms with E-state index in [9.17, 15) is 0 Å². The summed E-state index contributed by atoms with van der Waals surface area (Å²) in [6.45, 7) is 2.79. The Morgan fingerprint density at radius 3 is 2.90 bits per heavy atom. The molecule has 3 aromatic rings. The van der Waals surface area contributed by atoms with E-state index in [1.807, 2.05) is 29.9 Å². The molecule has 110 valence electrons. The molecule has 21 heavy (non-hydrogen) atoms. The molecule has 0 fully saturated rings. The molecule has 0 atom stereocenters. The zero-order valence-corrected chi connectivity index (χ0v) is 13.2. The summed E-state index contributed by atoms with van der Waals surface area (Å²) in [4.78, 5) is 3.28. The SMILES string of the molecule is CCc1nn(C)c2c1[nH]c(=S)n2Cc1cccc(OC)c1. The summed E-state index contributed by atoms with van der Waals surface area (Å²) in [6, 6.07) is 8.02. The minimum absolute atomic E-state index is 0.693. The van der Waals surface area contributed by atoms with Crippen molar-refractivity contribution in [3.05, 3.63) is 40.3 Å². The fourth-order valence-electron chi connectivity index (χ4n) is 2.63. The number of hydrogen-bond donors (Lipinski definition) is 1. The first-order valence-corrected chi connectivity index (χ1v) is 7.32. The molecular formula is C15H18N4OS. The van der Waals surface area contributed by atoms with Crippen LogP contribution in [0.4, 0.5) is 0 Å². The number of aromatic nitrogens is 4. The number of aryl methyl sites for hydroxylation is 2. The molecule has 0 unspecified atom stereocenters. The van der Waals surface area contributed by atoms with Gasteiger partial charge < -0.3 is 9.72 Å². The minimum Gasteiger partial charge on any atom is -0.497 e. The summed E-state index contributed by atoms with van der Waals surface area (Å²) in [6.07, 6.45) is 0.881. The molecule has 0 aliphatic heterocycles. The number of methoxy groups -OCH3 is 1. The predicted molar refractivity (Wildman–Crippen MR) is 85.4 cm³/mol. The molecule has 0 saturated heterocycles. The van der Waals surface area contributed by atoms with Crippen molar-refractivity contribution in [1.29, 1.82) is 0 Å². The Balaban J connectivity index is 2.10. The summed E-state index contributed by atoms with van der Waals surface area (Å²) in [5.74, 6) is 0.852. The molecular weight excluding hydrogens is 284 g/mol. The number of imidazole rings is 1. The van der Waals surface area contributed by atoms with Crippen molar-refractivity contribution in [3.8, 4) is 5.75 Å². The van der Waals surface area contributed by atoms with Crippen molar-refractivity contribution in [2.24, 2.45) is 7.05 Å². The average Bonchev–Trinajstić information content (AvgIpc) is 2.97. The van der Waals surface area contributed by atoms with Gasteiger partial charge in [-0.3, -0.25) is 9.25 Å². The van der Waals surface area contributed by atoms with Gasteiger partial charge in [0.25, 0.3) is 0 Å².